The number of hydrogen-bond acceptors (Lipinski definition) is 3. The number of hydrogen-bond donors (Lipinski definition) is 2. The van der Waals surface area contributed by atoms with Crippen LogP contribution in [0.25, 0.3) is 0 Å². The summed E-state index contributed by atoms with van der Waals surface area (Å²) in [5, 5.41) is 2.84. The maximum absolute atomic E-state index is 11.4. The second-order valence-electron chi connectivity index (χ2n) is 4.26. The fourth-order valence-corrected chi connectivity index (χ4v) is 1.55. The minimum absolute atomic E-state index is 0.0275. The zero-order valence-electron chi connectivity index (χ0n) is 10.9. The molecule has 1 rings (SSSR count). The Morgan fingerprint density at radius 1 is 1.39 bits per heavy atom. The SMILES string of the molecule is Cc1cccc(OCCC(=O)NCCCCN)c1. The summed E-state index contributed by atoms with van der Waals surface area (Å²) >= 11 is 0. The van der Waals surface area contributed by atoms with E-state index >= 15 is 0 Å². The van der Waals surface area contributed by atoms with E-state index in [1.807, 2.05) is 31.2 Å². The second kappa shape index (κ2) is 8.53. The van der Waals surface area contributed by atoms with Gasteiger partial charge < -0.3 is 15.8 Å². The van der Waals surface area contributed by atoms with Gasteiger partial charge in [0.25, 0.3) is 0 Å². The Morgan fingerprint density at radius 3 is 2.94 bits per heavy atom. The maximum Gasteiger partial charge on any atom is 0.223 e. The molecule has 0 bridgehead atoms. The van der Waals surface area contributed by atoms with E-state index in [1.54, 1.807) is 0 Å². The average Bonchev–Trinajstić information content (AvgIpc) is 2.35. The third-order valence-electron chi connectivity index (χ3n) is 2.54. The molecule has 0 unspecified atom stereocenters. The van der Waals surface area contributed by atoms with E-state index in [4.69, 9.17) is 10.5 Å². The maximum atomic E-state index is 11.4. The van der Waals surface area contributed by atoms with Gasteiger partial charge in [-0.2, -0.15) is 0 Å². The van der Waals surface area contributed by atoms with Gasteiger partial charge in [0.1, 0.15) is 5.75 Å². The van der Waals surface area contributed by atoms with E-state index in [1.165, 1.54) is 0 Å². The van der Waals surface area contributed by atoms with Crippen molar-refractivity contribution in [3.05, 3.63) is 29.8 Å². The summed E-state index contributed by atoms with van der Waals surface area (Å²) in [7, 11) is 0. The molecule has 0 aliphatic heterocycles. The normalized spacial score (nSPS) is 10.1. The van der Waals surface area contributed by atoms with Crippen molar-refractivity contribution in [1.29, 1.82) is 0 Å². The number of amides is 1. The highest BCUT2D eigenvalue weighted by Gasteiger charge is 2.01. The fourth-order valence-electron chi connectivity index (χ4n) is 1.55. The van der Waals surface area contributed by atoms with Crippen LogP contribution < -0.4 is 15.8 Å². The average molecular weight is 250 g/mol. The van der Waals surface area contributed by atoms with Gasteiger partial charge in [-0.05, 0) is 44.0 Å². The molecule has 0 aliphatic rings. The zero-order chi connectivity index (χ0) is 13.2. The molecular weight excluding hydrogens is 228 g/mol. The van der Waals surface area contributed by atoms with Crippen LogP contribution in [0.5, 0.6) is 5.75 Å². The van der Waals surface area contributed by atoms with Crippen molar-refractivity contribution in [3.63, 3.8) is 0 Å². The lowest BCUT2D eigenvalue weighted by molar-refractivity contribution is -0.121. The molecule has 0 heterocycles. The summed E-state index contributed by atoms with van der Waals surface area (Å²) in [6, 6.07) is 7.81. The van der Waals surface area contributed by atoms with Gasteiger partial charge in [-0.25, -0.2) is 0 Å². The molecule has 4 heteroatoms. The van der Waals surface area contributed by atoms with Crippen molar-refractivity contribution in [3.8, 4) is 5.75 Å². The molecule has 1 amide bonds. The van der Waals surface area contributed by atoms with E-state index < -0.39 is 0 Å². The monoisotopic (exact) mass is 250 g/mol. The van der Waals surface area contributed by atoms with Crippen LogP contribution in [0, 0.1) is 6.92 Å². The van der Waals surface area contributed by atoms with Gasteiger partial charge in [0.15, 0.2) is 0 Å². The van der Waals surface area contributed by atoms with Crippen molar-refractivity contribution >= 4 is 5.91 Å². The quantitative estimate of drug-likeness (QED) is 0.689. The van der Waals surface area contributed by atoms with Crippen molar-refractivity contribution < 1.29 is 9.53 Å². The standard InChI is InChI=1S/C14H22N2O2/c1-12-5-4-6-13(11-12)18-10-7-14(17)16-9-3-2-8-15/h4-6,11H,2-3,7-10,15H2,1H3,(H,16,17). The predicted molar refractivity (Wildman–Crippen MR) is 72.6 cm³/mol. The van der Waals surface area contributed by atoms with Crippen molar-refractivity contribution in [2.45, 2.75) is 26.2 Å². The van der Waals surface area contributed by atoms with Crippen LogP contribution in [0.15, 0.2) is 24.3 Å². The summed E-state index contributed by atoms with van der Waals surface area (Å²) in [6.45, 7) is 3.79. The van der Waals surface area contributed by atoms with Gasteiger partial charge in [0, 0.05) is 6.54 Å². The molecule has 0 fully saturated rings. The number of ether oxygens (including phenoxy) is 1. The highest BCUT2D eigenvalue weighted by atomic mass is 16.5. The summed E-state index contributed by atoms with van der Waals surface area (Å²) in [6.07, 6.45) is 2.26. The van der Waals surface area contributed by atoms with E-state index in [-0.39, 0.29) is 5.91 Å². The Kier molecular flexibility index (Phi) is 6.87. The lowest BCUT2D eigenvalue weighted by Crippen LogP contribution is -2.26. The van der Waals surface area contributed by atoms with Gasteiger partial charge in [-0.1, -0.05) is 12.1 Å². The van der Waals surface area contributed by atoms with Gasteiger partial charge in [-0.3, -0.25) is 4.79 Å². The Balaban J connectivity index is 2.12. The molecule has 18 heavy (non-hydrogen) atoms. The van der Waals surface area contributed by atoms with E-state index in [0.717, 1.165) is 24.2 Å². The van der Waals surface area contributed by atoms with Crippen LogP contribution in [0.4, 0.5) is 0 Å². The molecule has 0 aromatic heterocycles. The van der Waals surface area contributed by atoms with Crippen molar-refractivity contribution in [2.24, 2.45) is 5.73 Å². The highest BCUT2D eigenvalue weighted by Crippen LogP contribution is 2.12. The highest BCUT2D eigenvalue weighted by molar-refractivity contribution is 5.75. The number of carbonyl (C=O) groups is 1. The first-order valence-electron chi connectivity index (χ1n) is 6.38. The summed E-state index contributed by atoms with van der Waals surface area (Å²) in [4.78, 5) is 11.4. The summed E-state index contributed by atoms with van der Waals surface area (Å²) in [5.74, 6) is 0.839. The van der Waals surface area contributed by atoms with Crippen molar-refractivity contribution in [2.75, 3.05) is 19.7 Å². The van der Waals surface area contributed by atoms with Gasteiger partial charge in [-0.15, -0.1) is 0 Å². The largest absolute Gasteiger partial charge is 0.493 e. The Bertz CT molecular complexity index is 367. The lowest BCUT2D eigenvalue weighted by atomic mass is 10.2. The van der Waals surface area contributed by atoms with E-state index in [9.17, 15) is 4.79 Å². The molecule has 1 aromatic carbocycles. The molecule has 0 saturated heterocycles. The fraction of sp³-hybridized carbons (Fsp3) is 0.500. The Labute approximate surface area is 109 Å². The Hall–Kier alpha value is -1.55. The second-order valence-corrected chi connectivity index (χ2v) is 4.26. The molecule has 3 N–H and O–H groups in total. The number of unbranched alkanes of at least 4 members (excludes halogenated alkanes) is 1. The van der Waals surface area contributed by atoms with Crippen LogP contribution >= 0.6 is 0 Å². The zero-order valence-corrected chi connectivity index (χ0v) is 10.9. The molecule has 4 nitrogen and oxygen atoms in total. The number of nitrogens with one attached hydrogen (secondary N) is 1. The molecule has 0 spiro atoms. The topological polar surface area (TPSA) is 64.3 Å². The van der Waals surface area contributed by atoms with E-state index in [0.29, 0.717) is 26.1 Å². The van der Waals surface area contributed by atoms with Gasteiger partial charge in [0.2, 0.25) is 5.91 Å². The predicted octanol–water partition coefficient (Wildman–Crippen LogP) is 1.62. The molecule has 0 aliphatic carbocycles. The number of rotatable bonds is 8. The van der Waals surface area contributed by atoms with Crippen LogP contribution in [0.1, 0.15) is 24.8 Å². The number of carbonyl (C=O) groups excluding carboxylic acids is 1. The third-order valence-corrected chi connectivity index (χ3v) is 2.54. The van der Waals surface area contributed by atoms with Crippen LogP contribution in [0.2, 0.25) is 0 Å². The molecular formula is C14H22N2O2. The lowest BCUT2D eigenvalue weighted by Gasteiger charge is -2.07. The minimum atomic E-state index is 0.0275. The molecule has 1 aromatic rings. The van der Waals surface area contributed by atoms with Crippen LogP contribution in [0.3, 0.4) is 0 Å². The minimum Gasteiger partial charge on any atom is -0.493 e. The molecule has 0 atom stereocenters. The third kappa shape index (κ3) is 6.25. The first kappa shape index (κ1) is 14.5. The van der Waals surface area contributed by atoms with Crippen LogP contribution in [-0.4, -0.2) is 25.6 Å². The number of nitrogens with two attached hydrogens (primary N) is 1. The van der Waals surface area contributed by atoms with Gasteiger partial charge in [0.05, 0.1) is 13.0 Å². The first-order valence-corrected chi connectivity index (χ1v) is 6.38. The van der Waals surface area contributed by atoms with Crippen molar-refractivity contribution in [1.82, 2.24) is 5.32 Å². The smallest absolute Gasteiger partial charge is 0.223 e. The van der Waals surface area contributed by atoms with E-state index in [2.05, 4.69) is 5.32 Å². The first-order chi connectivity index (χ1) is 8.72. The van der Waals surface area contributed by atoms with Crippen LogP contribution in [-0.2, 0) is 4.79 Å². The molecule has 0 radical (unpaired) electrons. The Morgan fingerprint density at radius 2 is 2.22 bits per heavy atom. The molecule has 100 valence electrons. The summed E-state index contributed by atoms with van der Waals surface area (Å²) in [5.41, 5.74) is 6.52. The number of benzene rings is 1. The van der Waals surface area contributed by atoms with Gasteiger partial charge >= 0.3 is 0 Å². The number of aryl methyl sites for hydroxylation is 1. The summed E-state index contributed by atoms with van der Waals surface area (Å²) < 4.78 is 5.50. The molecule has 0 saturated carbocycles.